The first-order chi connectivity index (χ1) is 44.4. The summed E-state index contributed by atoms with van der Waals surface area (Å²) in [4.78, 5) is 64.7. The summed E-state index contributed by atoms with van der Waals surface area (Å²) >= 11 is 0. The van der Waals surface area contributed by atoms with E-state index >= 15 is 0 Å². The van der Waals surface area contributed by atoms with Crippen molar-refractivity contribution in [3.8, 4) is 0 Å². The van der Waals surface area contributed by atoms with E-state index in [0.717, 1.165) is 116 Å². The van der Waals surface area contributed by atoms with E-state index in [1.807, 2.05) is 58.5 Å². The summed E-state index contributed by atoms with van der Waals surface area (Å²) in [6, 6.07) is -1.70. The molecule has 530 valence electrons. The molecule has 0 aromatic heterocycles. The number of unbranched alkanes of at least 4 members (excludes halogenated alkanes) is 27. The highest BCUT2D eigenvalue weighted by atomic mass is 16.5. The van der Waals surface area contributed by atoms with Gasteiger partial charge in [0.05, 0.1) is 52.6 Å². The van der Waals surface area contributed by atoms with Gasteiger partial charge in [0.1, 0.15) is 12.1 Å². The van der Waals surface area contributed by atoms with Crippen molar-refractivity contribution < 1.29 is 38.1 Å². The van der Waals surface area contributed by atoms with Crippen molar-refractivity contribution >= 4 is 23.9 Å². The maximum atomic E-state index is 14.5. The van der Waals surface area contributed by atoms with Gasteiger partial charge in [-0.3, -0.25) is 29.0 Å². The van der Waals surface area contributed by atoms with E-state index < -0.39 is 18.1 Å². The molecular formula is C79H146N4O8. The van der Waals surface area contributed by atoms with Gasteiger partial charge < -0.3 is 28.7 Å². The molecule has 0 amide bonds. The first-order valence-corrected chi connectivity index (χ1v) is 38.6. The SMILES string of the molecule is CCC/C=C/CC(CCCCCCCC)COC(=O)CC(C(=O)OCC(C/C=C/CCC)CCCCCCCC)N(C)CN1C=CN(CN(C)C(CC(=O)OCC(CCCCCC)CCCCCCC)C(=O)OCC(CCCCCC)CCCCCCCC)C=C1. The van der Waals surface area contributed by atoms with Gasteiger partial charge in [0.2, 0.25) is 0 Å². The van der Waals surface area contributed by atoms with Crippen LogP contribution in [-0.2, 0) is 38.1 Å². The highest BCUT2D eigenvalue weighted by molar-refractivity contribution is 5.83. The third-order valence-corrected chi connectivity index (χ3v) is 18.6. The predicted octanol–water partition coefficient (Wildman–Crippen LogP) is 21.5. The van der Waals surface area contributed by atoms with Gasteiger partial charge in [0.15, 0.2) is 0 Å². The number of ether oxygens (including phenoxy) is 4. The van der Waals surface area contributed by atoms with E-state index in [1.54, 1.807) is 0 Å². The molecular weight excluding hydrogens is 1130 g/mol. The maximum Gasteiger partial charge on any atom is 0.324 e. The summed E-state index contributed by atoms with van der Waals surface area (Å²) in [6.45, 7) is 19.9. The van der Waals surface area contributed by atoms with Gasteiger partial charge in [0.25, 0.3) is 0 Å². The van der Waals surface area contributed by atoms with Crippen molar-refractivity contribution in [1.82, 2.24) is 19.6 Å². The molecule has 0 aliphatic carbocycles. The Hall–Kier alpha value is -3.64. The minimum atomic E-state index is -0.861. The van der Waals surface area contributed by atoms with Crippen LogP contribution in [0.15, 0.2) is 49.1 Å². The van der Waals surface area contributed by atoms with Crippen molar-refractivity contribution in [2.45, 2.75) is 356 Å². The van der Waals surface area contributed by atoms with Crippen LogP contribution in [0.2, 0.25) is 0 Å². The Labute approximate surface area is 562 Å². The molecule has 0 bridgehead atoms. The minimum Gasteiger partial charge on any atom is -0.465 e. The van der Waals surface area contributed by atoms with Gasteiger partial charge in [0, 0.05) is 24.8 Å². The molecule has 12 heteroatoms. The van der Waals surface area contributed by atoms with Crippen LogP contribution in [0, 0.1) is 23.7 Å². The molecule has 0 spiro atoms. The second kappa shape index (κ2) is 61.2. The highest BCUT2D eigenvalue weighted by Gasteiger charge is 2.32. The lowest BCUT2D eigenvalue weighted by atomic mass is 9.95. The molecule has 1 aliphatic heterocycles. The van der Waals surface area contributed by atoms with E-state index in [-0.39, 0.29) is 42.6 Å². The molecule has 1 aliphatic rings. The Morgan fingerprint density at radius 3 is 0.890 bits per heavy atom. The number of carbonyl (C=O) groups is 4. The van der Waals surface area contributed by atoms with Crippen LogP contribution in [0.3, 0.4) is 0 Å². The first-order valence-electron chi connectivity index (χ1n) is 38.6. The minimum absolute atomic E-state index is 0.0871. The molecule has 6 unspecified atom stereocenters. The van der Waals surface area contributed by atoms with Crippen LogP contribution in [0.25, 0.3) is 0 Å². The van der Waals surface area contributed by atoms with Crippen LogP contribution >= 0.6 is 0 Å². The zero-order chi connectivity index (χ0) is 66.6. The topological polar surface area (TPSA) is 118 Å². The van der Waals surface area contributed by atoms with E-state index in [0.29, 0.717) is 51.6 Å². The molecule has 1 rings (SSSR count). The zero-order valence-electron chi connectivity index (χ0n) is 61.2. The van der Waals surface area contributed by atoms with Gasteiger partial charge in [-0.15, -0.1) is 0 Å². The Kier molecular flexibility index (Phi) is 57.5. The lowest BCUT2D eigenvalue weighted by molar-refractivity contribution is -0.158. The fourth-order valence-electron chi connectivity index (χ4n) is 12.3. The molecule has 0 aromatic rings. The smallest absolute Gasteiger partial charge is 0.324 e. The third-order valence-electron chi connectivity index (χ3n) is 18.6. The average Bonchev–Trinajstić information content (AvgIpc) is 1.41. The number of hydrogen-bond donors (Lipinski definition) is 0. The summed E-state index contributed by atoms with van der Waals surface area (Å²) in [7, 11) is 3.77. The standard InChI is InChI=1S/C79H146N4O8/c1-11-19-27-35-39-47-55-71(51-43-32-24-16-6)65-89-77(85)63-75(79(87)91-67-73(53-45-34-26-18-8)57-49-41-37-29-21-13-3)81(10)69-83-60-58-82(59-61-83)68-80(9)74(62-76(84)88-64-70(50-42-31-23-15-5)54-46-38-30-22-14-4)78(86)90-66-72(52-44-33-25-17-7)56-48-40-36-28-20-12-2/h32,34,43,45,58-61,70-75H,11-31,33,35-42,44,46-57,62-69H2,1-10H3/b43-32+,45-34+. The highest BCUT2D eigenvalue weighted by Crippen LogP contribution is 2.25. The summed E-state index contributed by atoms with van der Waals surface area (Å²) in [5.74, 6) is -0.496. The normalized spacial score (nSPS) is 14.6. The van der Waals surface area contributed by atoms with Crippen LogP contribution in [0.4, 0.5) is 0 Å². The summed E-state index contributed by atoms with van der Waals surface area (Å²) in [5, 5.41) is 0. The summed E-state index contributed by atoms with van der Waals surface area (Å²) in [6.07, 6.45) is 66.2. The molecule has 6 atom stereocenters. The molecule has 0 aromatic carbocycles. The number of carbonyl (C=O) groups excluding carboxylic acids is 4. The van der Waals surface area contributed by atoms with Crippen LogP contribution in [-0.4, -0.2) is 109 Å². The van der Waals surface area contributed by atoms with Crippen LogP contribution in [0.1, 0.15) is 344 Å². The van der Waals surface area contributed by atoms with E-state index in [4.69, 9.17) is 18.9 Å². The first kappa shape index (κ1) is 85.4. The molecule has 0 saturated carbocycles. The maximum absolute atomic E-state index is 14.5. The van der Waals surface area contributed by atoms with E-state index in [9.17, 15) is 19.2 Å². The lowest BCUT2D eigenvalue weighted by Gasteiger charge is -2.34. The number of likely N-dealkylation sites (N-methyl/N-ethyl adjacent to an activating group) is 2. The summed E-state index contributed by atoms with van der Waals surface area (Å²) in [5.41, 5.74) is 0. The molecule has 91 heavy (non-hydrogen) atoms. The Morgan fingerprint density at radius 1 is 0.330 bits per heavy atom. The monoisotopic (exact) mass is 1280 g/mol. The van der Waals surface area contributed by atoms with Crippen molar-refractivity contribution in [2.75, 3.05) is 53.9 Å². The van der Waals surface area contributed by atoms with E-state index in [1.165, 1.54) is 161 Å². The fraction of sp³-hybridized carbons (Fsp3) is 0.848. The van der Waals surface area contributed by atoms with Crippen LogP contribution < -0.4 is 0 Å². The molecule has 0 N–H and O–H groups in total. The van der Waals surface area contributed by atoms with Crippen LogP contribution in [0.5, 0.6) is 0 Å². The van der Waals surface area contributed by atoms with Gasteiger partial charge in [-0.05, 0) is 102 Å². The fourth-order valence-corrected chi connectivity index (χ4v) is 12.3. The van der Waals surface area contributed by atoms with Gasteiger partial charge in [-0.25, -0.2) is 0 Å². The molecule has 1 heterocycles. The quantitative estimate of drug-likeness (QED) is 0.0250. The molecule has 0 fully saturated rings. The number of hydrogen-bond acceptors (Lipinski definition) is 12. The largest absolute Gasteiger partial charge is 0.465 e. The molecule has 12 nitrogen and oxygen atoms in total. The van der Waals surface area contributed by atoms with Crippen molar-refractivity contribution in [2.24, 2.45) is 23.7 Å². The van der Waals surface area contributed by atoms with E-state index in [2.05, 4.69) is 79.7 Å². The number of rotatable bonds is 65. The van der Waals surface area contributed by atoms with Gasteiger partial charge in [-0.2, -0.15) is 0 Å². The predicted molar refractivity (Wildman–Crippen MR) is 384 cm³/mol. The second-order valence-electron chi connectivity index (χ2n) is 27.5. The van der Waals surface area contributed by atoms with Crippen molar-refractivity contribution in [3.63, 3.8) is 0 Å². The van der Waals surface area contributed by atoms with Crippen molar-refractivity contribution in [3.05, 3.63) is 49.1 Å². The molecule has 0 saturated heterocycles. The third kappa shape index (κ3) is 47.8. The second-order valence-corrected chi connectivity index (χ2v) is 27.5. The Balaban J connectivity index is 3.44. The van der Waals surface area contributed by atoms with Gasteiger partial charge in [-0.1, -0.05) is 292 Å². The number of esters is 4. The lowest BCUT2D eigenvalue weighted by Crippen LogP contribution is -2.47. The zero-order valence-corrected chi connectivity index (χ0v) is 61.2. The average molecular weight is 1280 g/mol. The van der Waals surface area contributed by atoms with Gasteiger partial charge >= 0.3 is 23.9 Å². The molecule has 0 radical (unpaired) electrons. The summed E-state index contributed by atoms with van der Waals surface area (Å²) < 4.78 is 24.8. The number of nitrogens with zero attached hydrogens (tertiary/aromatic N) is 4. The van der Waals surface area contributed by atoms with Crippen molar-refractivity contribution in [1.29, 1.82) is 0 Å². The Bertz CT molecular complexity index is 1830. The Morgan fingerprint density at radius 2 is 0.582 bits per heavy atom. The number of allylic oxidation sites excluding steroid dienone is 4.